The number of carbonyl (C=O) groups is 1. The molecule has 0 bridgehead atoms. The number of rotatable bonds is 3. The number of aryl methyl sites for hydroxylation is 2. The van der Waals surface area contributed by atoms with E-state index in [1.165, 1.54) is 0 Å². The van der Waals surface area contributed by atoms with E-state index in [1.807, 2.05) is 39.0 Å². The molecule has 0 unspecified atom stereocenters. The van der Waals surface area contributed by atoms with Crippen LogP contribution in [0.25, 0.3) is 0 Å². The van der Waals surface area contributed by atoms with Crippen LogP contribution in [0, 0.1) is 20.8 Å². The summed E-state index contributed by atoms with van der Waals surface area (Å²) in [5, 5.41) is 3.98. The van der Waals surface area contributed by atoms with Crippen molar-refractivity contribution in [2.75, 3.05) is 0 Å². The van der Waals surface area contributed by atoms with Gasteiger partial charge in [-0.25, -0.2) is 0 Å². The molecule has 0 aliphatic heterocycles. The van der Waals surface area contributed by atoms with Gasteiger partial charge >= 0.3 is 0 Å². The van der Waals surface area contributed by atoms with Crippen LogP contribution in [-0.4, -0.2) is 10.9 Å². The van der Waals surface area contributed by atoms with Gasteiger partial charge in [-0.1, -0.05) is 23.4 Å². The fourth-order valence-electron chi connectivity index (χ4n) is 2.42. The second kappa shape index (κ2) is 4.34. The van der Waals surface area contributed by atoms with Crippen molar-refractivity contribution in [1.29, 1.82) is 0 Å². The monoisotopic (exact) mass is 255 g/mol. The summed E-state index contributed by atoms with van der Waals surface area (Å²) in [6.07, 6.45) is 2.20. The Morgan fingerprint density at radius 2 is 2.00 bits per heavy atom. The molecular formula is C16H17NO2. The maximum absolute atomic E-state index is 12.8. The molecule has 1 aliphatic rings. The predicted molar refractivity (Wildman–Crippen MR) is 72.6 cm³/mol. The third-order valence-corrected chi connectivity index (χ3v) is 3.91. The van der Waals surface area contributed by atoms with Crippen molar-refractivity contribution in [3.8, 4) is 0 Å². The second-order valence-electron chi connectivity index (χ2n) is 5.36. The minimum absolute atomic E-state index is 0.0434. The van der Waals surface area contributed by atoms with E-state index in [0.717, 1.165) is 35.3 Å². The van der Waals surface area contributed by atoms with Crippen LogP contribution in [0.4, 0.5) is 0 Å². The quantitative estimate of drug-likeness (QED) is 0.785. The lowest BCUT2D eigenvalue weighted by molar-refractivity contribution is 0.103. The standard InChI is InChI=1S/C16H17NO2/c1-9-5-4-6-13(10(9)2)15(18)14-11(3)17-19-16(14)12-7-8-12/h4-6,12H,7-8H2,1-3H3. The van der Waals surface area contributed by atoms with Crippen molar-refractivity contribution >= 4 is 5.78 Å². The Bertz CT molecular complexity index is 651. The zero-order valence-corrected chi connectivity index (χ0v) is 11.5. The zero-order valence-electron chi connectivity index (χ0n) is 11.5. The van der Waals surface area contributed by atoms with Gasteiger partial charge in [-0.2, -0.15) is 0 Å². The molecule has 1 fully saturated rings. The summed E-state index contributed by atoms with van der Waals surface area (Å²) < 4.78 is 5.36. The van der Waals surface area contributed by atoms with Crippen molar-refractivity contribution in [3.63, 3.8) is 0 Å². The molecule has 0 spiro atoms. The number of ketones is 1. The lowest BCUT2D eigenvalue weighted by Crippen LogP contribution is -2.07. The number of benzene rings is 1. The van der Waals surface area contributed by atoms with Crippen LogP contribution in [0.3, 0.4) is 0 Å². The van der Waals surface area contributed by atoms with Crippen LogP contribution in [-0.2, 0) is 0 Å². The minimum atomic E-state index is 0.0434. The highest BCUT2D eigenvalue weighted by atomic mass is 16.5. The summed E-state index contributed by atoms with van der Waals surface area (Å²) in [7, 11) is 0. The Kier molecular flexibility index (Phi) is 2.77. The van der Waals surface area contributed by atoms with Gasteiger partial charge in [0.15, 0.2) is 11.5 Å². The predicted octanol–water partition coefficient (Wildman–Crippen LogP) is 3.71. The van der Waals surface area contributed by atoms with E-state index in [-0.39, 0.29) is 5.78 Å². The Morgan fingerprint density at radius 3 is 2.68 bits per heavy atom. The number of nitrogens with zero attached hydrogens (tertiary/aromatic N) is 1. The van der Waals surface area contributed by atoms with Gasteiger partial charge in [0.25, 0.3) is 0 Å². The molecule has 0 saturated heterocycles. The fourth-order valence-corrected chi connectivity index (χ4v) is 2.42. The van der Waals surface area contributed by atoms with Gasteiger partial charge in [0.05, 0.1) is 11.3 Å². The summed E-state index contributed by atoms with van der Waals surface area (Å²) in [4.78, 5) is 12.8. The van der Waals surface area contributed by atoms with E-state index < -0.39 is 0 Å². The van der Waals surface area contributed by atoms with Gasteiger partial charge in [-0.05, 0) is 44.7 Å². The molecule has 0 amide bonds. The Hall–Kier alpha value is -1.90. The van der Waals surface area contributed by atoms with Gasteiger partial charge < -0.3 is 4.52 Å². The summed E-state index contributed by atoms with van der Waals surface area (Å²) in [6, 6.07) is 5.83. The van der Waals surface area contributed by atoms with Crippen LogP contribution < -0.4 is 0 Å². The molecule has 19 heavy (non-hydrogen) atoms. The molecular weight excluding hydrogens is 238 g/mol. The zero-order chi connectivity index (χ0) is 13.6. The first kappa shape index (κ1) is 12.2. The molecule has 0 N–H and O–H groups in total. The number of aromatic nitrogens is 1. The van der Waals surface area contributed by atoms with E-state index in [0.29, 0.717) is 17.2 Å². The maximum atomic E-state index is 12.8. The second-order valence-corrected chi connectivity index (χ2v) is 5.36. The molecule has 3 heteroatoms. The van der Waals surface area contributed by atoms with Crippen molar-refractivity contribution in [2.45, 2.75) is 39.5 Å². The highest BCUT2D eigenvalue weighted by Gasteiger charge is 2.34. The lowest BCUT2D eigenvalue weighted by Gasteiger charge is -2.07. The average Bonchev–Trinajstić information content (AvgIpc) is 3.15. The molecule has 3 nitrogen and oxygen atoms in total. The molecule has 0 atom stereocenters. The Morgan fingerprint density at radius 1 is 1.26 bits per heavy atom. The van der Waals surface area contributed by atoms with Crippen LogP contribution in [0.2, 0.25) is 0 Å². The van der Waals surface area contributed by atoms with Crippen LogP contribution in [0.5, 0.6) is 0 Å². The first-order valence-corrected chi connectivity index (χ1v) is 6.66. The molecule has 3 rings (SSSR count). The molecule has 0 radical (unpaired) electrons. The van der Waals surface area contributed by atoms with E-state index in [2.05, 4.69) is 5.16 Å². The topological polar surface area (TPSA) is 43.1 Å². The SMILES string of the molecule is Cc1cccc(C(=O)c2c(C)noc2C2CC2)c1C. The molecule has 1 aliphatic carbocycles. The van der Waals surface area contributed by atoms with Gasteiger partial charge in [-0.3, -0.25) is 4.79 Å². The van der Waals surface area contributed by atoms with Crippen LogP contribution in [0.1, 0.15) is 57.3 Å². The summed E-state index contributed by atoms with van der Waals surface area (Å²) >= 11 is 0. The summed E-state index contributed by atoms with van der Waals surface area (Å²) in [5.74, 6) is 1.22. The van der Waals surface area contributed by atoms with Crippen molar-refractivity contribution in [3.05, 3.63) is 51.9 Å². The average molecular weight is 255 g/mol. The highest BCUT2D eigenvalue weighted by molar-refractivity contribution is 6.11. The summed E-state index contributed by atoms with van der Waals surface area (Å²) in [6.45, 7) is 5.85. The van der Waals surface area contributed by atoms with Crippen LogP contribution >= 0.6 is 0 Å². The van der Waals surface area contributed by atoms with Crippen molar-refractivity contribution in [2.24, 2.45) is 0 Å². The smallest absolute Gasteiger partial charge is 0.198 e. The van der Waals surface area contributed by atoms with Gasteiger partial charge in [0.1, 0.15) is 0 Å². The van der Waals surface area contributed by atoms with Gasteiger partial charge in [-0.15, -0.1) is 0 Å². The van der Waals surface area contributed by atoms with Crippen molar-refractivity contribution in [1.82, 2.24) is 5.16 Å². The van der Waals surface area contributed by atoms with E-state index in [4.69, 9.17) is 4.52 Å². The number of hydrogen-bond acceptors (Lipinski definition) is 3. The van der Waals surface area contributed by atoms with E-state index in [1.54, 1.807) is 0 Å². The first-order chi connectivity index (χ1) is 9.09. The van der Waals surface area contributed by atoms with Crippen LogP contribution in [0.15, 0.2) is 22.7 Å². The summed E-state index contributed by atoms with van der Waals surface area (Å²) in [5.41, 5.74) is 4.31. The maximum Gasteiger partial charge on any atom is 0.198 e. The van der Waals surface area contributed by atoms with Gasteiger partial charge in [0, 0.05) is 11.5 Å². The highest BCUT2D eigenvalue weighted by Crippen LogP contribution is 2.43. The lowest BCUT2D eigenvalue weighted by atomic mass is 9.94. The van der Waals surface area contributed by atoms with E-state index in [9.17, 15) is 4.79 Å². The molecule has 2 aromatic rings. The fraction of sp³-hybridized carbons (Fsp3) is 0.375. The van der Waals surface area contributed by atoms with E-state index >= 15 is 0 Å². The Labute approximate surface area is 112 Å². The Balaban J connectivity index is 2.09. The molecule has 98 valence electrons. The molecule has 1 aromatic heterocycles. The minimum Gasteiger partial charge on any atom is -0.360 e. The largest absolute Gasteiger partial charge is 0.360 e. The normalized spacial score (nSPS) is 14.7. The number of carbonyl (C=O) groups excluding carboxylic acids is 1. The molecule has 1 aromatic carbocycles. The third-order valence-electron chi connectivity index (χ3n) is 3.91. The van der Waals surface area contributed by atoms with Crippen molar-refractivity contribution < 1.29 is 9.32 Å². The first-order valence-electron chi connectivity index (χ1n) is 6.66. The molecule has 1 saturated carbocycles. The third kappa shape index (κ3) is 1.99. The van der Waals surface area contributed by atoms with Gasteiger partial charge in [0.2, 0.25) is 0 Å². The molecule has 1 heterocycles. The number of hydrogen-bond donors (Lipinski definition) is 0.